The molecule has 3 N–H and O–H groups in total. The minimum atomic E-state index is -0.262. The molecule has 2 aromatic rings. The molecule has 1 fully saturated rings. The molecule has 0 bridgehead atoms. The molecule has 0 saturated heterocycles. The number of amides is 2. The molecule has 8 heteroatoms. The Morgan fingerprint density at radius 1 is 1.05 bits per heavy atom. The molecular weight excluding hydrogens is 325 g/mol. The second kappa shape index (κ2) is 6.37. The van der Waals surface area contributed by atoms with Crippen LogP contribution in [0.2, 0.25) is 10.0 Å². The van der Waals surface area contributed by atoms with Crippen molar-refractivity contribution in [3.05, 3.63) is 40.4 Å². The van der Waals surface area contributed by atoms with Gasteiger partial charge in [0.05, 0.1) is 10.0 Å². The Bertz CT molecular complexity index is 688. The molecule has 1 saturated carbocycles. The summed E-state index contributed by atoms with van der Waals surface area (Å²) in [7, 11) is 0. The van der Waals surface area contributed by atoms with Crippen molar-refractivity contribution in [3.8, 4) is 0 Å². The molecule has 0 unspecified atom stereocenters. The highest BCUT2D eigenvalue weighted by molar-refractivity contribution is 6.42. The Balaban J connectivity index is 1.60. The second-order valence-electron chi connectivity index (χ2n) is 4.93. The van der Waals surface area contributed by atoms with Crippen LogP contribution in [-0.2, 0) is 0 Å². The number of nitrogens with zero attached hydrogens (tertiary/aromatic N) is 2. The lowest BCUT2D eigenvalue weighted by atomic mass is 10.3. The molecule has 1 aliphatic rings. The van der Waals surface area contributed by atoms with Crippen LogP contribution in [0.4, 0.5) is 22.1 Å². The van der Waals surface area contributed by atoms with E-state index in [1.165, 1.54) is 0 Å². The van der Waals surface area contributed by atoms with Crippen molar-refractivity contribution in [2.75, 3.05) is 10.6 Å². The lowest BCUT2D eigenvalue weighted by molar-refractivity contribution is 0.251. The fourth-order valence-corrected chi connectivity index (χ4v) is 2.05. The minimum absolute atomic E-state index is 0.262. The Morgan fingerprint density at radius 3 is 2.41 bits per heavy atom. The number of nitrogens with one attached hydrogen (secondary N) is 3. The third-order valence-electron chi connectivity index (χ3n) is 3.01. The number of carbonyl (C=O) groups is 1. The molecule has 0 radical (unpaired) electrons. The van der Waals surface area contributed by atoms with E-state index >= 15 is 0 Å². The van der Waals surface area contributed by atoms with Gasteiger partial charge in [-0.2, -0.15) is 0 Å². The predicted octanol–water partition coefficient (Wildman–Crippen LogP) is 3.81. The number of halogens is 2. The van der Waals surface area contributed by atoms with Gasteiger partial charge in [0.2, 0.25) is 0 Å². The highest BCUT2D eigenvalue weighted by Gasteiger charge is 2.23. The first-order chi connectivity index (χ1) is 10.6. The number of hydrogen-bond donors (Lipinski definition) is 3. The molecule has 1 aromatic heterocycles. The van der Waals surface area contributed by atoms with Gasteiger partial charge in [-0.25, -0.2) is 4.79 Å². The maximum absolute atomic E-state index is 11.6. The van der Waals surface area contributed by atoms with Gasteiger partial charge in [-0.15, -0.1) is 10.2 Å². The highest BCUT2D eigenvalue weighted by atomic mass is 35.5. The van der Waals surface area contributed by atoms with Crippen molar-refractivity contribution in [2.24, 2.45) is 0 Å². The second-order valence-corrected chi connectivity index (χ2v) is 5.74. The molecule has 1 aromatic carbocycles. The zero-order valence-electron chi connectivity index (χ0n) is 11.4. The van der Waals surface area contributed by atoms with Gasteiger partial charge >= 0.3 is 6.03 Å². The van der Waals surface area contributed by atoms with Crippen LogP contribution in [0.1, 0.15) is 12.8 Å². The van der Waals surface area contributed by atoms with Crippen molar-refractivity contribution >= 4 is 46.6 Å². The average Bonchev–Trinajstić information content (AvgIpc) is 3.29. The third-order valence-corrected chi connectivity index (χ3v) is 3.75. The van der Waals surface area contributed by atoms with E-state index < -0.39 is 0 Å². The van der Waals surface area contributed by atoms with E-state index in [2.05, 4.69) is 26.1 Å². The number of urea groups is 1. The monoisotopic (exact) mass is 337 g/mol. The SMILES string of the molecule is O=C(Nc1ccc(Nc2ccc(Cl)c(Cl)c2)nn1)NC1CC1. The van der Waals surface area contributed by atoms with Crippen LogP contribution >= 0.6 is 23.2 Å². The van der Waals surface area contributed by atoms with Gasteiger partial charge in [0.25, 0.3) is 0 Å². The van der Waals surface area contributed by atoms with E-state index in [0.717, 1.165) is 18.5 Å². The van der Waals surface area contributed by atoms with Crippen LogP contribution in [0, 0.1) is 0 Å². The van der Waals surface area contributed by atoms with E-state index in [1.54, 1.807) is 30.3 Å². The molecule has 6 nitrogen and oxygen atoms in total. The fourth-order valence-electron chi connectivity index (χ4n) is 1.75. The van der Waals surface area contributed by atoms with Crippen LogP contribution in [0.15, 0.2) is 30.3 Å². The van der Waals surface area contributed by atoms with Crippen LogP contribution in [-0.4, -0.2) is 22.3 Å². The maximum atomic E-state index is 11.6. The lowest BCUT2D eigenvalue weighted by Crippen LogP contribution is -2.30. The van der Waals surface area contributed by atoms with Crippen molar-refractivity contribution < 1.29 is 4.79 Å². The molecule has 1 heterocycles. The Morgan fingerprint density at radius 2 is 1.77 bits per heavy atom. The zero-order valence-corrected chi connectivity index (χ0v) is 12.9. The van der Waals surface area contributed by atoms with Gasteiger partial charge in [-0.3, -0.25) is 5.32 Å². The van der Waals surface area contributed by atoms with Gasteiger partial charge in [0.1, 0.15) is 0 Å². The quantitative estimate of drug-likeness (QED) is 0.792. The van der Waals surface area contributed by atoms with Crippen molar-refractivity contribution in [1.82, 2.24) is 15.5 Å². The Kier molecular flexibility index (Phi) is 4.31. The Labute approximate surface area is 137 Å². The summed E-state index contributed by atoms with van der Waals surface area (Å²) in [6.07, 6.45) is 2.07. The van der Waals surface area contributed by atoms with Crippen LogP contribution in [0.25, 0.3) is 0 Å². The summed E-state index contributed by atoms with van der Waals surface area (Å²) < 4.78 is 0. The molecule has 0 spiro atoms. The average molecular weight is 338 g/mol. The van der Waals surface area contributed by atoms with Gasteiger partial charge in [-0.05, 0) is 43.2 Å². The molecule has 3 rings (SSSR count). The van der Waals surface area contributed by atoms with Crippen LogP contribution < -0.4 is 16.0 Å². The summed E-state index contributed by atoms with van der Waals surface area (Å²) in [4.78, 5) is 11.6. The summed E-state index contributed by atoms with van der Waals surface area (Å²) in [5.41, 5.74) is 0.746. The van der Waals surface area contributed by atoms with E-state index in [9.17, 15) is 4.79 Å². The summed E-state index contributed by atoms with van der Waals surface area (Å²) >= 11 is 11.8. The van der Waals surface area contributed by atoms with E-state index in [0.29, 0.717) is 27.7 Å². The molecule has 114 valence electrons. The van der Waals surface area contributed by atoms with E-state index in [-0.39, 0.29) is 6.03 Å². The highest BCUT2D eigenvalue weighted by Crippen LogP contribution is 2.26. The number of benzene rings is 1. The molecular formula is C14H13Cl2N5O. The lowest BCUT2D eigenvalue weighted by Gasteiger charge is -2.08. The summed E-state index contributed by atoms with van der Waals surface area (Å²) in [5, 5.41) is 17.4. The molecule has 1 aliphatic carbocycles. The maximum Gasteiger partial charge on any atom is 0.320 e. The smallest absolute Gasteiger partial charge is 0.320 e. The van der Waals surface area contributed by atoms with Gasteiger partial charge in [-0.1, -0.05) is 23.2 Å². The predicted molar refractivity (Wildman–Crippen MR) is 87.0 cm³/mol. The molecule has 2 amide bonds. The largest absolute Gasteiger partial charge is 0.339 e. The minimum Gasteiger partial charge on any atom is -0.339 e. The van der Waals surface area contributed by atoms with Crippen molar-refractivity contribution in [3.63, 3.8) is 0 Å². The molecule has 0 aliphatic heterocycles. The first kappa shape index (κ1) is 14.9. The standard InChI is InChI=1S/C14H13Cl2N5O/c15-10-4-3-9(7-11(10)16)17-12-5-6-13(21-20-12)19-14(22)18-8-1-2-8/h3-8H,1-2H2,(H,17,20)(H2,18,19,21,22). The number of aromatic nitrogens is 2. The molecule has 22 heavy (non-hydrogen) atoms. The summed E-state index contributed by atoms with van der Waals surface area (Å²) in [6, 6.07) is 8.58. The Hall–Kier alpha value is -2.05. The van der Waals surface area contributed by atoms with E-state index in [4.69, 9.17) is 23.2 Å². The number of rotatable bonds is 4. The normalized spacial score (nSPS) is 13.5. The van der Waals surface area contributed by atoms with Gasteiger partial charge in [0, 0.05) is 11.7 Å². The van der Waals surface area contributed by atoms with Crippen LogP contribution in [0.3, 0.4) is 0 Å². The zero-order chi connectivity index (χ0) is 15.5. The number of hydrogen-bond acceptors (Lipinski definition) is 4. The topological polar surface area (TPSA) is 78.9 Å². The number of carbonyl (C=O) groups excluding carboxylic acids is 1. The van der Waals surface area contributed by atoms with Crippen LogP contribution in [0.5, 0.6) is 0 Å². The fraction of sp³-hybridized carbons (Fsp3) is 0.214. The first-order valence-electron chi connectivity index (χ1n) is 6.73. The molecule has 0 atom stereocenters. The van der Waals surface area contributed by atoms with Gasteiger partial charge in [0.15, 0.2) is 11.6 Å². The number of anilines is 3. The van der Waals surface area contributed by atoms with Crippen molar-refractivity contribution in [1.29, 1.82) is 0 Å². The summed E-state index contributed by atoms with van der Waals surface area (Å²) in [6.45, 7) is 0. The van der Waals surface area contributed by atoms with Crippen molar-refractivity contribution in [2.45, 2.75) is 18.9 Å². The first-order valence-corrected chi connectivity index (χ1v) is 7.49. The summed E-state index contributed by atoms with van der Waals surface area (Å²) in [5.74, 6) is 0.921. The van der Waals surface area contributed by atoms with E-state index in [1.807, 2.05) is 0 Å². The van der Waals surface area contributed by atoms with Gasteiger partial charge < -0.3 is 10.6 Å². The third kappa shape index (κ3) is 3.99.